The predicted molar refractivity (Wildman–Crippen MR) is 57.3 cm³/mol. The fraction of sp³-hybridized carbons (Fsp3) is 0.400. The van der Waals surface area contributed by atoms with Crippen molar-refractivity contribution in [3.63, 3.8) is 0 Å². The fourth-order valence-electron chi connectivity index (χ4n) is 1.45. The Kier molecular flexibility index (Phi) is 1.74. The molecule has 4 nitrogen and oxygen atoms in total. The smallest absolute Gasteiger partial charge is 0.236 e. The molecule has 0 amide bonds. The first-order chi connectivity index (χ1) is 6.50. The lowest BCUT2D eigenvalue weighted by Crippen LogP contribution is -2.41. The van der Waals surface area contributed by atoms with Crippen LogP contribution in [0.2, 0.25) is 0 Å². The van der Waals surface area contributed by atoms with Crippen LogP contribution in [0.3, 0.4) is 0 Å². The molecule has 1 aromatic heterocycles. The molecule has 0 bridgehead atoms. The Bertz CT molecular complexity index is 394. The molecule has 74 valence electrons. The number of imidazole rings is 1. The van der Waals surface area contributed by atoms with E-state index >= 15 is 0 Å². The quantitative estimate of drug-likeness (QED) is 0.627. The lowest BCUT2D eigenvalue weighted by molar-refractivity contribution is 0.321. The summed E-state index contributed by atoms with van der Waals surface area (Å²) in [6.07, 6.45) is 5.38. The molecule has 14 heavy (non-hydrogen) atoms. The molecule has 0 N–H and O–H groups in total. The first kappa shape index (κ1) is 8.99. The minimum atomic E-state index is -0.0114. The topological polar surface area (TPSA) is 33.4 Å². The minimum absolute atomic E-state index is 0.0114. The van der Waals surface area contributed by atoms with Gasteiger partial charge >= 0.3 is 0 Å². The highest BCUT2D eigenvalue weighted by Gasteiger charge is 2.25. The van der Waals surface area contributed by atoms with E-state index in [0.29, 0.717) is 5.95 Å². The molecule has 1 aliphatic heterocycles. The van der Waals surface area contributed by atoms with Crippen molar-refractivity contribution in [2.24, 2.45) is 4.99 Å². The van der Waals surface area contributed by atoms with E-state index in [1.54, 1.807) is 12.5 Å². The van der Waals surface area contributed by atoms with Crippen molar-refractivity contribution in [2.75, 3.05) is 0 Å². The predicted octanol–water partition coefficient (Wildman–Crippen LogP) is 2.09. The third-order valence-electron chi connectivity index (χ3n) is 2.19. The highest BCUT2D eigenvalue weighted by atomic mass is 15.4. The van der Waals surface area contributed by atoms with Crippen molar-refractivity contribution in [2.45, 2.75) is 26.3 Å². The average molecular weight is 190 g/mol. The van der Waals surface area contributed by atoms with E-state index in [9.17, 15) is 0 Å². The Morgan fingerprint density at radius 3 is 2.71 bits per heavy atom. The van der Waals surface area contributed by atoms with E-state index in [1.165, 1.54) is 0 Å². The number of aliphatic imine (C=N–C) groups is 1. The minimum Gasteiger partial charge on any atom is -0.313 e. The van der Waals surface area contributed by atoms with Crippen LogP contribution < -0.4 is 0 Å². The first-order valence-electron chi connectivity index (χ1n) is 4.56. The van der Waals surface area contributed by atoms with Gasteiger partial charge in [0.15, 0.2) is 0 Å². The zero-order valence-corrected chi connectivity index (χ0v) is 8.73. The summed E-state index contributed by atoms with van der Waals surface area (Å²) < 4.78 is 1.88. The Balaban J connectivity index is 2.43. The molecule has 4 heteroatoms. The van der Waals surface area contributed by atoms with Crippen LogP contribution in [0.25, 0.3) is 5.82 Å². The van der Waals surface area contributed by atoms with E-state index in [0.717, 1.165) is 5.82 Å². The number of aromatic nitrogens is 2. The van der Waals surface area contributed by atoms with E-state index in [2.05, 4.69) is 37.3 Å². The molecule has 1 aromatic rings. The largest absolute Gasteiger partial charge is 0.313 e. The average Bonchev–Trinajstić information content (AvgIpc) is 2.50. The molecule has 2 rings (SSSR count). The number of hydrogen-bond donors (Lipinski definition) is 0. The van der Waals surface area contributed by atoms with Crippen LogP contribution in [-0.4, -0.2) is 26.3 Å². The number of fused-ring (bicyclic) bond motifs is 1. The molecule has 0 saturated carbocycles. The summed E-state index contributed by atoms with van der Waals surface area (Å²) in [5.74, 6) is 1.58. The van der Waals surface area contributed by atoms with Gasteiger partial charge in [-0.1, -0.05) is 6.58 Å². The molecular weight excluding hydrogens is 176 g/mol. The van der Waals surface area contributed by atoms with E-state index < -0.39 is 0 Å². The van der Waals surface area contributed by atoms with Gasteiger partial charge in [0.05, 0.1) is 0 Å². The van der Waals surface area contributed by atoms with Crippen LogP contribution in [0, 0.1) is 0 Å². The maximum atomic E-state index is 4.24. The van der Waals surface area contributed by atoms with Crippen LogP contribution >= 0.6 is 0 Å². The lowest BCUT2D eigenvalue weighted by atomic mass is 10.1. The summed E-state index contributed by atoms with van der Waals surface area (Å²) in [5.41, 5.74) is -0.0114. The molecular formula is C10H14N4. The molecule has 1 aliphatic rings. The maximum absolute atomic E-state index is 4.24. The summed E-state index contributed by atoms with van der Waals surface area (Å²) in [6, 6.07) is 0. The highest BCUT2D eigenvalue weighted by Crippen LogP contribution is 2.27. The van der Waals surface area contributed by atoms with E-state index in [1.807, 2.05) is 15.7 Å². The van der Waals surface area contributed by atoms with Crippen molar-refractivity contribution in [1.29, 1.82) is 0 Å². The van der Waals surface area contributed by atoms with Gasteiger partial charge in [-0.05, 0) is 20.8 Å². The van der Waals surface area contributed by atoms with Gasteiger partial charge in [-0.3, -0.25) is 4.57 Å². The molecule has 0 aromatic carbocycles. The van der Waals surface area contributed by atoms with Gasteiger partial charge in [-0.25, -0.2) is 9.98 Å². The molecule has 0 unspecified atom stereocenters. The van der Waals surface area contributed by atoms with Crippen LogP contribution in [0.5, 0.6) is 0 Å². The van der Waals surface area contributed by atoms with Crippen LogP contribution in [0.4, 0.5) is 5.95 Å². The summed E-state index contributed by atoms with van der Waals surface area (Å²) in [4.78, 5) is 10.4. The molecule has 0 saturated heterocycles. The first-order valence-corrected chi connectivity index (χ1v) is 4.56. The van der Waals surface area contributed by atoms with Gasteiger partial charge < -0.3 is 4.90 Å². The maximum Gasteiger partial charge on any atom is 0.236 e. The molecule has 0 fully saturated rings. The normalized spacial score (nSPS) is 15.9. The second-order valence-corrected chi connectivity index (χ2v) is 4.30. The van der Waals surface area contributed by atoms with Crippen molar-refractivity contribution in [1.82, 2.24) is 14.5 Å². The standard InChI is InChI=1S/C10H14N4/c1-8-13-6-5-11-9(13)12-7-14(8)10(2,3)4/h5-7H,1H2,2-4H3. The van der Waals surface area contributed by atoms with Crippen molar-refractivity contribution in [3.05, 3.63) is 19.0 Å². The van der Waals surface area contributed by atoms with E-state index in [-0.39, 0.29) is 5.54 Å². The van der Waals surface area contributed by atoms with Crippen LogP contribution in [0.1, 0.15) is 20.8 Å². The van der Waals surface area contributed by atoms with Gasteiger partial charge in [0, 0.05) is 17.9 Å². The Morgan fingerprint density at radius 1 is 1.36 bits per heavy atom. The van der Waals surface area contributed by atoms with Crippen molar-refractivity contribution >= 4 is 18.1 Å². The molecule has 0 atom stereocenters. The lowest BCUT2D eigenvalue weighted by Gasteiger charge is -2.37. The number of rotatable bonds is 0. The number of nitrogens with zero attached hydrogens (tertiary/aromatic N) is 4. The van der Waals surface area contributed by atoms with Gasteiger partial charge in [0.1, 0.15) is 12.2 Å². The van der Waals surface area contributed by atoms with Gasteiger partial charge in [-0.2, -0.15) is 0 Å². The monoisotopic (exact) mass is 190 g/mol. The van der Waals surface area contributed by atoms with Crippen molar-refractivity contribution < 1.29 is 0 Å². The Labute approximate surface area is 83.6 Å². The van der Waals surface area contributed by atoms with Crippen LogP contribution in [-0.2, 0) is 0 Å². The molecule has 0 radical (unpaired) electrons. The molecule has 2 heterocycles. The second-order valence-electron chi connectivity index (χ2n) is 4.30. The van der Waals surface area contributed by atoms with Crippen molar-refractivity contribution in [3.8, 4) is 0 Å². The zero-order chi connectivity index (χ0) is 10.3. The van der Waals surface area contributed by atoms with E-state index in [4.69, 9.17) is 0 Å². The summed E-state index contributed by atoms with van der Waals surface area (Å²) in [6.45, 7) is 10.4. The van der Waals surface area contributed by atoms with Crippen LogP contribution in [0.15, 0.2) is 24.0 Å². The second kappa shape index (κ2) is 2.70. The van der Waals surface area contributed by atoms with Gasteiger partial charge in [0.2, 0.25) is 5.95 Å². The zero-order valence-electron chi connectivity index (χ0n) is 8.73. The third-order valence-corrected chi connectivity index (χ3v) is 2.19. The third kappa shape index (κ3) is 1.23. The van der Waals surface area contributed by atoms with Gasteiger partial charge in [-0.15, -0.1) is 0 Å². The molecule has 0 spiro atoms. The van der Waals surface area contributed by atoms with Gasteiger partial charge in [0.25, 0.3) is 0 Å². The summed E-state index contributed by atoms with van der Waals surface area (Å²) in [5, 5.41) is 0. The highest BCUT2D eigenvalue weighted by molar-refractivity contribution is 5.74. The number of hydrogen-bond acceptors (Lipinski definition) is 3. The fourth-order valence-corrected chi connectivity index (χ4v) is 1.45. The molecule has 0 aliphatic carbocycles. The Morgan fingerprint density at radius 2 is 2.07 bits per heavy atom. The summed E-state index contributed by atoms with van der Waals surface area (Å²) >= 11 is 0. The SMILES string of the molecule is C=C1N(C(C)(C)C)C=Nc2nccn21. The summed E-state index contributed by atoms with van der Waals surface area (Å²) in [7, 11) is 0. The Hall–Kier alpha value is -1.58.